The van der Waals surface area contributed by atoms with Gasteiger partial charge in [-0.05, 0) is 6.07 Å². The second-order valence-electron chi connectivity index (χ2n) is 2.58. The van der Waals surface area contributed by atoms with Gasteiger partial charge in [-0.1, -0.05) is 17.7 Å². The number of hydrogen-bond acceptors (Lipinski definition) is 4. The van der Waals surface area contributed by atoms with Crippen molar-refractivity contribution in [2.75, 3.05) is 14.2 Å². The molecule has 0 heterocycles. The van der Waals surface area contributed by atoms with Crippen molar-refractivity contribution in [1.29, 1.82) is 0 Å². The van der Waals surface area contributed by atoms with E-state index < -0.39 is 7.12 Å². The van der Waals surface area contributed by atoms with Crippen LogP contribution < -0.4 is 14.9 Å². The first-order valence-corrected chi connectivity index (χ1v) is 4.26. The number of rotatable bonds is 3. The summed E-state index contributed by atoms with van der Waals surface area (Å²) in [4.78, 5) is 0. The fourth-order valence-corrected chi connectivity index (χ4v) is 1.43. The molecule has 0 aliphatic rings. The molecule has 0 aliphatic heterocycles. The zero-order valence-electron chi connectivity index (χ0n) is 7.82. The number of methoxy groups -OCH3 is 2. The van der Waals surface area contributed by atoms with Crippen LogP contribution in [-0.4, -0.2) is 31.4 Å². The second-order valence-corrected chi connectivity index (χ2v) is 2.96. The summed E-state index contributed by atoms with van der Waals surface area (Å²) in [6.07, 6.45) is 0. The predicted octanol–water partition coefficient (Wildman–Crippen LogP) is 0.0370. The molecule has 0 spiro atoms. The SMILES string of the molecule is COc1ccc(B(O)O)c(Cl)c1OC. The van der Waals surface area contributed by atoms with Crippen molar-refractivity contribution in [1.82, 2.24) is 0 Å². The summed E-state index contributed by atoms with van der Waals surface area (Å²) in [7, 11) is 1.28. The lowest BCUT2D eigenvalue weighted by atomic mass is 9.80. The third-order valence-electron chi connectivity index (χ3n) is 1.79. The summed E-state index contributed by atoms with van der Waals surface area (Å²) in [6, 6.07) is 3.02. The first-order valence-electron chi connectivity index (χ1n) is 3.88. The summed E-state index contributed by atoms with van der Waals surface area (Å²) in [5, 5.41) is 18.1. The Labute approximate surface area is 87.2 Å². The summed E-state index contributed by atoms with van der Waals surface area (Å²) in [6.45, 7) is 0. The van der Waals surface area contributed by atoms with Gasteiger partial charge in [-0.15, -0.1) is 0 Å². The molecule has 0 radical (unpaired) electrons. The molecule has 2 N–H and O–H groups in total. The maximum absolute atomic E-state index is 8.96. The Balaban J connectivity index is 3.27. The molecule has 0 saturated carbocycles. The molecule has 0 fully saturated rings. The average molecular weight is 216 g/mol. The minimum absolute atomic E-state index is 0.141. The summed E-state index contributed by atoms with van der Waals surface area (Å²) >= 11 is 5.86. The largest absolute Gasteiger partial charge is 0.493 e. The number of benzene rings is 1. The molecule has 1 aromatic carbocycles. The minimum Gasteiger partial charge on any atom is -0.493 e. The second kappa shape index (κ2) is 4.55. The maximum atomic E-state index is 8.96. The van der Waals surface area contributed by atoms with Crippen molar-refractivity contribution in [3.63, 3.8) is 0 Å². The zero-order chi connectivity index (χ0) is 10.7. The lowest BCUT2D eigenvalue weighted by Gasteiger charge is -2.11. The van der Waals surface area contributed by atoms with E-state index in [1.54, 1.807) is 6.07 Å². The summed E-state index contributed by atoms with van der Waals surface area (Å²) in [5.74, 6) is 0.738. The molecule has 0 amide bonds. The van der Waals surface area contributed by atoms with E-state index in [1.807, 2.05) is 0 Å². The minimum atomic E-state index is -1.62. The van der Waals surface area contributed by atoms with Crippen LogP contribution in [0.1, 0.15) is 0 Å². The van der Waals surface area contributed by atoms with Crippen molar-refractivity contribution in [2.24, 2.45) is 0 Å². The Morgan fingerprint density at radius 2 is 1.86 bits per heavy atom. The van der Waals surface area contributed by atoms with Crippen molar-refractivity contribution < 1.29 is 19.5 Å². The monoisotopic (exact) mass is 216 g/mol. The summed E-state index contributed by atoms with van der Waals surface area (Å²) < 4.78 is 9.96. The van der Waals surface area contributed by atoms with Gasteiger partial charge in [0.15, 0.2) is 11.5 Å². The highest BCUT2D eigenvalue weighted by Crippen LogP contribution is 2.32. The first kappa shape index (κ1) is 11.2. The molecule has 4 nitrogen and oxygen atoms in total. The van der Waals surface area contributed by atoms with Crippen LogP contribution in [-0.2, 0) is 0 Å². The Hall–Kier alpha value is -0.905. The highest BCUT2D eigenvalue weighted by Gasteiger charge is 2.20. The van der Waals surface area contributed by atoms with Crippen LogP contribution >= 0.6 is 11.6 Å². The van der Waals surface area contributed by atoms with Gasteiger partial charge in [0.1, 0.15) is 0 Å². The van der Waals surface area contributed by atoms with E-state index in [-0.39, 0.29) is 10.5 Å². The molecule has 0 unspecified atom stereocenters. The highest BCUT2D eigenvalue weighted by molar-refractivity contribution is 6.63. The van der Waals surface area contributed by atoms with Gasteiger partial charge in [0.2, 0.25) is 0 Å². The molecule has 1 rings (SSSR count). The number of halogens is 1. The van der Waals surface area contributed by atoms with Crippen molar-refractivity contribution in [3.05, 3.63) is 17.2 Å². The molecular weight excluding hydrogens is 206 g/mol. The smallest absolute Gasteiger partial charge is 0.490 e. The van der Waals surface area contributed by atoms with Crippen LogP contribution in [0, 0.1) is 0 Å². The Morgan fingerprint density at radius 1 is 1.21 bits per heavy atom. The molecule has 0 atom stereocenters. The van der Waals surface area contributed by atoms with Gasteiger partial charge in [0.05, 0.1) is 19.2 Å². The van der Waals surface area contributed by atoms with Gasteiger partial charge >= 0.3 is 7.12 Å². The fourth-order valence-electron chi connectivity index (χ4n) is 1.10. The van der Waals surface area contributed by atoms with Crippen molar-refractivity contribution in [2.45, 2.75) is 0 Å². The van der Waals surface area contributed by atoms with Crippen LogP contribution in [0.15, 0.2) is 12.1 Å². The Morgan fingerprint density at radius 3 is 2.29 bits per heavy atom. The van der Waals surface area contributed by atoms with Gasteiger partial charge in [-0.2, -0.15) is 0 Å². The number of hydrogen-bond donors (Lipinski definition) is 2. The first-order chi connectivity index (χ1) is 6.61. The predicted molar refractivity (Wildman–Crippen MR) is 54.4 cm³/mol. The van der Waals surface area contributed by atoms with Crippen LogP contribution in [0.2, 0.25) is 5.02 Å². The lowest BCUT2D eigenvalue weighted by Crippen LogP contribution is -2.30. The van der Waals surface area contributed by atoms with E-state index in [0.717, 1.165) is 0 Å². The van der Waals surface area contributed by atoms with Crippen LogP contribution in [0.5, 0.6) is 11.5 Å². The quantitative estimate of drug-likeness (QED) is 0.700. The van der Waals surface area contributed by atoms with Gasteiger partial charge in [-0.3, -0.25) is 0 Å². The Bertz CT molecular complexity index is 329. The maximum Gasteiger partial charge on any atom is 0.490 e. The third kappa shape index (κ3) is 1.95. The molecule has 14 heavy (non-hydrogen) atoms. The third-order valence-corrected chi connectivity index (χ3v) is 2.18. The normalized spacial score (nSPS) is 9.79. The van der Waals surface area contributed by atoms with Crippen LogP contribution in [0.3, 0.4) is 0 Å². The van der Waals surface area contributed by atoms with Crippen molar-refractivity contribution in [3.8, 4) is 11.5 Å². The van der Waals surface area contributed by atoms with Gasteiger partial charge in [0.25, 0.3) is 0 Å². The molecular formula is C8H10BClO4. The molecule has 0 aliphatic carbocycles. The highest BCUT2D eigenvalue weighted by atomic mass is 35.5. The van der Waals surface area contributed by atoms with Crippen molar-refractivity contribution >= 4 is 24.2 Å². The fraction of sp³-hybridized carbons (Fsp3) is 0.250. The average Bonchev–Trinajstić information content (AvgIpc) is 2.16. The van der Waals surface area contributed by atoms with Gasteiger partial charge in [-0.25, -0.2) is 0 Å². The topological polar surface area (TPSA) is 58.9 Å². The van der Waals surface area contributed by atoms with Crippen LogP contribution in [0.4, 0.5) is 0 Å². The lowest BCUT2D eigenvalue weighted by molar-refractivity contribution is 0.355. The summed E-state index contributed by atoms with van der Waals surface area (Å²) in [5.41, 5.74) is 0.185. The van der Waals surface area contributed by atoms with E-state index >= 15 is 0 Å². The molecule has 1 aromatic rings. The number of ether oxygens (including phenoxy) is 2. The van der Waals surface area contributed by atoms with Crippen LogP contribution in [0.25, 0.3) is 0 Å². The van der Waals surface area contributed by atoms with E-state index in [0.29, 0.717) is 11.5 Å². The standard InChI is InChI=1S/C8H10BClO4/c1-13-6-4-3-5(9(11)12)7(10)8(6)14-2/h3-4,11-12H,1-2H3. The Kier molecular flexibility index (Phi) is 3.63. The van der Waals surface area contributed by atoms with E-state index in [2.05, 4.69) is 0 Å². The molecule has 6 heteroatoms. The van der Waals surface area contributed by atoms with Gasteiger partial charge < -0.3 is 19.5 Å². The molecule has 0 bridgehead atoms. The molecule has 0 saturated heterocycles. The van der Waals surface area contributed by atoms with E-state index in [4.69, 9.17) is 31.1 Å². The zero-order valence-corrected chi connectivity index (χ0v) is 8.58. The molecule has 76 valence electrons. The molecule has 0 aromatic heterocycles. The van der Waals surface area contributed by atoms with Gasteiger partial charge in [0, 0.05) is 5.46 Å². The van der Waals surface area contributed by atoms with E-state index in [9.17, 15) is 0 Å². The van der Waals surface area contributed by atoms with E-state index in [1.165, 1.54) is 20.3 Å².